The summed E-state index contributed by atoms with van der Waals surface area (Å²) in [5, 5.41) is 0.298. The second kappa shape index (κ2) is 7.17. The van der Waals surface area contributed by atoms with E-state index >= 15 is 0 Å². The second-order valence-electron chi connectivity index (χ2n) is 3.53. The molecule has 0 N–H and O–H groups in total. The minimum atomic E-state index is -0.136. The Labute approximate surface area is 114 Å². The number of hydrogen-bond donors (Lipinski definition) is 0. The lowest BCUT2D eigenvalue weighted by Crippen LogP contribution is -2.08. The van der Waals surface area contributed by atoms with Crippen LogP contribution in [0.4, 0.5) is 0 Å². The van der Waals surface area contributed by atoms with Gasteiger partial charge in [-0.3, -0.25) is 4.79 Å². The fraction of sp³-hybridized carbons (Fsp3) is 0.417. The summed E-state index contributed by atoms with van der Waals surface area (Å²) in [6.45, 7) is 2.05. The van der Waals surface area contributed by atoms with E-state index in [1.165, 1.54) is 16.2 Å². The number of esters is 1. The highest BCUT2D eigenvalue weighted by Crippen LogP contribution is 2.20. The van der Waals surface area contributed by atoms with Crippen LogP contribution >= 0.6 is 34.4 Å². The number of ether oxygens (including phenoxy) is 1. The van der Waals surface area contributed by atoms with Crippen LogP contribution in [0.3, 0.4) is 0 Å². The minimum absolute atomic E-state index is 0.136. The first-order chi connectivity index (χ1) is 7.61. The van der Waals surface area contributed by atoms with Crippen LogP contribution in [0.1, 0.15) is 18.9 Å². The maximum absolute atomic E-state index is 11.0. The van der Waals surface area contributed by atoms with Crippen LogP contribution in [-0.4, -0.2) is 18.3 Å². The summed E-state index contributed by atoms with van der Waals surface area (Å²) < 4.78 is 5.88. The van der Waals surface area contributed by atoms with Crippen LogP contribution in [-0.2, 0) is 15.3 Å². The number of hydrogen-bond acceptors (Lipinski definition) is 3. The average Bonchev–Trinajstić information content (AvgIpc) is 2.28. The molecule has 1 unspecified atom stereocenters. The van der Waals surface area contributed by atoms with E-state index in [9.17, 15) is 4.79 Å². The van der Waals surface area contributed by atoms with Gasteiger partial charge in [0.1, 0.15) is 0 Å². The van der Waals surface area contributed by atoms with Crippen molar-refractivity contribution >= 4 is 40.3 Å². The molecule has 0 aliphatic carbocycles. The summed E-state index contributed by atoms with van der Waals surface area (Å²) in [5.41, 5.74) is 1.29. The number of halogens is 1. The highest BCUT2D eigenvalue weighted by Gasteiger charge is 2.09. The molecule has 1 atom stereocenters. The first-order valence-corrected chi connectivity index (χ1v) is 7.17. The van der Waals surface area contributed by atoms with Crippen LogP contribution in [0, 0.1) is 3.57 Å². The van der Waals surface area contributed by atoms with Gasteiger partial charge in [-0.1, -0.05) is 19.1 Å². The summed E-state index contributed by atoms with van der Waals surface area (Å²) in [4.78, 5) is 11.0. The zero-order valence-corrected chi connectivity index (χ0v) is 12.4. The molecule has 1 aromatic carbocycles. The van der Waals surface area contributed by atoms with Crippen LogP contribution < -0.4 is 0 Å². The van der Waals surface area contributed by atoms with Crippen molar-refractivity contribution in [1.29, 1.82) is 0 Å². The molecule has 0 radical (unpaired) electrons. The Hall–Kier alpha value is -0.230. The number of methoxy groups -OCH3 is 1. The van der Waals surface area contributed by atoms with Crippen molar-refractivity contribution in [3.05, 3.63) is 33.4 Å². The predicted octanol–water partition coefficient (Wildman–Crippen LogP) is 3.48. The molecule has 0 heterocycles. The summed E-state index contributed by atoms with van der Waals surface area (Å²) in [6, 6.07) is 8.45. The van der Waals surface area contributed by atoms with Crippen LogP contribution in [0.25, 0.3) is 0 Å². The molecule has 0 amide bonds. The zero-order chi connectivity index (χ0) is 12.0. The molecule has 16 heavy (non-hydrogen) atoms. The third-order valence-corrected chi connectivity index (χ3v) is 4.08. The number of carbonyl (C=O) groups excluding carboxylic acids is 1. The van der Waals surface area contributed by atoms with Crippen LogP contribution in [0.5, 0.6) is 0 Å². The molecule has 0 aromatic heterocycles. The van der Waals surface area contributed by atoms with E-state index in [0.29, 0.717) is 11.7 Å². The fourth-order valence-corrected chi connectivity index (χ4v) is 2.48. The number of rotatable bonds is 5. The van der Waals surface area contributed by atoms with Gasteiger partial charge in [-0.25, -0.2) is 0 Å². The van der Waals surface area contributed by atoms with Gasteiger partial charge in [0.05, 0.1) is 13.5 Å². The van der Waals surface area contributed by atoms with Crippen molar-refractivity contribution in [2.24, 2.45) is 0 Å². The van der Waals surface area contributed by atoms with Gasteiger partial charge in [0.15, 0.2) is 0 Å². The SMILES string of the molecule is COC(=O)CC(C)SCc1ccc(I)cc1. The van der Waals surface area contributed by atoms with Crippen LogP contribution in [0.15, 0.2) is 24.3 Å². The molecule has 0 bridgehead atoms. The topological polar surface area (TPSA) is 26.3 Å². The molecule has 0 aliphatic heterocycles. The monoisotopic (exact) mass is 350 g/mol. The van der Waals surface area contributed by atoms with E-state index in [2.05, 4.69) is 51.6 Å². The molecule has 0 spiro atoms. The number of carbonyl (C=O) groups is 1. The quantitative estimate of drug-likeness (QED) is 0.601. The van der Waals surface area contributed by atoms with E-state index < -0.39 is 0 Å². The smallest absolute Gasteiger partial charge is 0.306 e. The molecule has 1 rings (SSSR count). The first-order valence-electron chi connectivity index (χ1n) is 5.04. The summed E-state index contributed by atoms with van der Waals surface area (Å²) in [5.74, 6) is 0.803. The van der Waals surface area contributed by atoms with Crippen molar-refractivity contribution in [3.8, 4) is 0 Å². The van der Waals surface area contributed by atoms with Gasteiger partial charge in [0.2, 0.25) is 0 Å². The summed E-state index contributed by atoms with van der Waals surface area (Å²) >= 11 is 4.07. The average molecular weight is 350 g/mol. The Bertz CT molecular complexity index is 337. The first kappa shape index (κ1) is 13.8. The van der Waals surface area contributed by atoms with Gasteiger partial charge in [-0.15, -0.1) is 0 Å². The van der Waals surface area contributed by atoms with Crippen LogP contribution in [0.2, 0.25) is 0 Å². The molecule has 0 saturated heterocycles. The molecule has 0 fully saturated rings. The Morgan fingerprint density at radius 2 is 2.06 bits per heavy atom. The third-order valence-electron chi connectivity index (χ3n) is 2.13. The molecule has 1 aromatic rings. The fourth-order valence-electron chi connectivity index (χ4n) is 1.20. The number of thioether (sulfide) groups is 1. The van der Waals surface area contributed by atoms with Gasteiger partial charge in [0, 0.05) is 14.6 Å². The second-order valence-corrected chi connectivity index (χ2v) is 6.20. The van der Waals surface area contributed by atoms with Gasteiger partial charge in [0.25, 0.3) is 0 Å². The Morgan fingerprint density at radius 1 is 1.44 bits per heavy atom. The zero-order valence-electron chi connectivity index (χ0n) is 9.40. The third kappa shape index (κ3) is 5.21. The molecule has 4 heteroatoms. The molecule has 2 nitrogen and oxygen atoms in total. The van der Waals surface area contributed by atoms with E-state index in [1.54, 1.807) is 11.8 Å². The lowest BCUT2D eigenvalue weighted by atomic mass is 10.2. The summed E-state index contributed by atoms with van der Waals surface area (Å²) in [6.07, 6.45) is 0.478. The highest BCUT2D eigenvalue weighted by atomic mass is 127. The Morgan fingerprint density at radius 3 is 2.62 bits per heavy atom. The van der Waals surface area contributed by atoms with Crippen molar-refractivity contribution in [2.75, 3.05) is 7.11 Å². The summed E-state index contributed by atoms with van der Waals surface area (Å²) in [7, 11) is 1.43. The molecule has 0 saturated carbocycles. The predicted molar refractivity (Wildman–Crippen MR) is 76.5 cm³/mol. The molecular weight excluding hydrogens is 335 g/mol. The standard InChI is InChI=1S/C12H15IO2S/c1-9(7-12(14)15-2)16-8-10-3-5-11(13)6-4-10/h3-6,9H,7-8H2,1-2H3. The lowest BCUT2D eigenvalue weighted by molar-refractivity contribution is -0.140. The van der Waals surface area contributed by atoms with Gasteiger partial charge < -0.3 is 4.74 Å². The lowest BCUT2D eigenvalue weighted by Gasteiger charge is -2.09. The maximum Gasteiger partial charge on any atom is 0.306 e. The van der Waals surface area contributed by atoms with Gasteiger partial charge >= 0.3 is 5.97 Å². The van der Waals surface area contributed by atoms with Gasteiger partial charge in [-0.2, -0.15) is 11.8 Å². The number of benzene rings is 1. The Kier molecular flexibility index (Phi) is 6.20. The normalized spacial score (nSPS) is 12.2. The van der Waals surface area contributed by atoms with Crippen molar-refractivity contribution < 1.29 is 9.53 Å². The van der Waals surface area contributed by atoms with E-state index in [1.807, 2.05) is 6.92 Å². The largest absolute Gasteiger partial charge is 0.469 e. The maximum atomic E-state index is 11.0. The van der Waals surface area contributed by atoms with E-state index in [0.717, 1.165) is 5.75 Å². The Balaban J connectivity index is 2.34. The van der Waals surface area contributed by atoms with Gasteiger partial charge in [-0.05, 0) is 40.3 Å². The highest BCUT2D eigenvalue weighted by molar-refractivity contribution is 14.1. The van der Waals surface area contributed by atoms with E-state index in [4.69, 9.17) is 0 Å². The molecule has 0 aliphatic rings. The van der Waals surface area contributed by atoms with E-state index in [-0.39, 0.29) is 5.97 Å². The van der Waals surface area contributed by atoms with Crippen molar-refractivity contribution in [3.63, 3.8) is 0 Å². The molecular formula is C12H15IO2S. The molecule has 88 valence electrons. The van der Waals surface area contributed by atoms with Crippen molar-refractivity contribution in [1.82, 2.24) is 0 Å². The minimum Gasteiger partial charge on any atom is -0.469 e. The van der Waals surface area contributed by atoms with Crippen molar-refractivity contribution in [2.45, 2.75) is 24.3 Å².